The number of nitrogens with zero attached hydrogens (tertiary/aromatic N) is 4. The molecule has 0 unspecified atom stereocenters. The molecule has 148 valence electrons. The van der Waals surface area contributed by atoms with E-state index in [1.54, 1.807) is 23.1 Å². The summed E-state index contributed by atoms with van der Waals surface area (Å²) in [6.45, 7) is 0. The summed E-state index contributed by atoms with van der Waals surface area (Å²) < 4.78 is 2.15. The largest absolute Gasteiger partial charge is 0.309 e. The normalized spacial score (nSPS) is 15.2. The summed E-state index contributed by atoms with van der Waals surface area (Å²) in [5, 5.41) is 13.6. The van der Waals surface area contributed by atoms with Crippen LogP contribution in [0.2, 0.25) is 5.02 Å². The second-order valence-electron chi connectivity index (χ2n) is 7.41. The van der Waals surface area contributed by atoms with Gasteiger partial charge in [0.15, 0.2) is 5.16 Å². The van der Waals surface area contributed by atoms with Gasteiger partial charge in [-0.25, -0.2) is 4.98 Å². The predicted octanol–water partition coefficient (Wildman–Crippen LogP) is 6.40. The standard InChI is InChI=1S/C21H25ClN4S2/c1-26-19(12-11-15-7-3-2-4-8-15)24-25-21(26)28-14-16-13-27-20(23-16)17-9-5-6-10-18(17)22/h5-6,9-10,13,15H,2-4,7-8,11-12,14H2,1H3. The highest BCUT2D eigenvalue weighted by Crippen LogP contribution is 2.32. The van der Waals surface area contributed by atoms with Gasteiger partial charge in [-0.05, 0) is 18.4 Å². The zero-order valence-electron chi connectivity index (χ0n) is 16.1. The van der Waals surface area contributed by atoms with Crippen molar-refractivity contribution in [3.63, 3.8) is 0 Å². The molecule has 0 saturated heterocycles. The van der Waals surface area contributed by atoms with Crippen molar-refractivity contribution in [1.29, 1.82) is 0 Å². The Bertz CT molecular complexity index is 915. The first-order valence-corrected chi connectivity index (χ1v) is 12.2. The maximum atomic E-state index is 6.29. The van der Waals surface area contributed by atoms with Gasteiger partial charge in [0.1, 0.15) is 10.8 Å². The van der Waals surface area contributed by atoms with Crippen LogP contribution in [0, 0.1) is 5.92 Å². The van der Waals surface area contributed by atoms with E-state index in [0.29, 0.717) is 0 Å². The third-order valence-electron chi connectivity index (χ3n) is 5.43. The molecule has 1 aliphatic rings. The van der Waals surface area contributed by atoms with Crippen molar-refractivity contribution in [3.8, 4) is 10.6 Å². The van der Waals surface area contributed by atoms with Crippen molar-refractivity contribution < 1.29 is 0 Å². The molecule has 0 radical (unpaired) electrons. The van der Waals surface area contributed by atoms with Crippen LogP contribution in [0.15, 0.2) is 34.8 Å². The van der Waals surface area contributed by atoms with Crippen LogP contribution in [-0.4, -0.2) is 19.7 Å². The monoisotopic (exact) mass is 432 g/mol. The lowest BCUT2D eigenvalue weighted by Crippen LogP contribution is -2.09. The van der Waals surface area contributed by atoms with Crippen molar-refractivity contribution in [1.82, 2.24) is 19.7 Å². The number of benzene rings is 1. The number of hydrogen-bond acceptors (Lipinski definition) is 5. The van der Waals surface area contributed by atoms with E-state index in [2.05, 4.69) is 27.2 Å². The molecule has 3 aromatic rings. The third-order valence-corrected chi connectivity index (χ3v) is 7.74. The molecule has 28 heavy (non-hydrogen) atoms. The maximum absolute atomic E-state index is 6.29. The molecule has 1 fully saturated rings. The van der Waals surface area contributed by atoms with Gasteiger partial charge in [-0.2, -0.15) is 0 Å². The van der Waals surface area contributed by atoms with Crippen molar-refractivity contribution >= 4 is 34.7 Å². The van der Waals surface area contributed by atoms with Gasteiger partial charge in [0, 0.05) is 30.2 Å². The lowest BCUT2D eigenvalue weighted by atomic mass is 9.86. The van der Waals surface area contributed by atoms with E-state index in [1.807, 2.05) is 24.3 Å². The Labute approximate surface area is 179 Å². The smallest absolute Gasteiger partial charge is 0.191 e. The van der Waals surface area contributed by atoms with Crippen molar-refractivity contribution in [2.24, 2.45) is 13.0 Å². The zero-order valence-corrected chi connectivity index (χ0v) is 18.5. The number of aryl methyl sites for hydroxylation is 1. The molecule has 1 aliphatic carbocycles. The summed E-state index contributed by atoms with van der Waals surface area (Å²) in [6.07, 6.45) is 9.25. The summed E-state index contributed by atoms with van der Waals surface area (Å²) in [5.74, 6) is 2.76. The van der Waals surface area contributed by atoms with E-state index in [1.165, 1.54) is 38.5 Å². The number of rotatable bonds is 7. The molecular formula is C21H25ClN4S2. The minimum atomic E-state index is 0.743. The summed E-state index contributed by atoms with van der Waals surface area (Å²) in [4.78, 5) is 4.75. The fraction of sp³-hybridized carbons (Fsp3) is 0.476. The van der Waals surface area contributed by atoms with Crippen LogP contribution in [0.3, 0.4) is 0 Å². The van der Waals surface area contributed by atoms with Crippen LogP contribution < -0.4 is 0 Å². The van der Waals surface area contributed by atoms with E-state index in [-0.39, 0.29) is 0 Å². The molecule has 0 N–H and O–H groups in total. The van der Waals surface area contributed by atoms with E-state index in [0.717, 1.165) is 50.4 Å². The molecule has 4 rings (SSSR count). The molecule has 0 spiro atoms. The van der Waals surface area contributed by atoms with Gasteiger partial charge in [0.2, 0.25) is 0 Å². The van der Waals surface area contributed by atoms with Crippen molar-refractivity contribution in [3.05, 3.63) is 46.2 Å². The number of aromatic nitrogens is 4. The Kier molecular flexibility index (Phi) is 6.70. The van der Waals surface area contributed by atoms with Crippen LogP contribution in [-0.2, 0) is 19.2 Å². The predicted molar refractivity (Wildman–Crippen MR) is 118 cm³/mol. The van der Waals surface area contributed by atoms with Gasteiger partial charge >= 0.3 is 0 Å². The summed E-state index contributed by atoms with van der Waals surface area (Å²) in [7, 11) is 2.08. The van der Waals surface area contributed by atoms with Gasteiger partial charge in [-0.1, -0.05) is 73.7 Å². The maximum Gasteiger partial charge on any atom is 0.191 e. The van der Waals surface area contributed by atoms with Crippen LogP contribution in [0.4, 0.5) is 0 Å². The van der Waals surface area contributed by atoms with E-state index in [9.17, 15) is 0 Å². The Morgan fingerprint density at radius 3 is 2.82 bits per heavy atom. The molecule has 0 atom stereocenters. The topological polar surface area (TPSA) is 43.6 Å². The summed E-state index contributed by atoms with van der Waals surface area (Å²) >= 11 is 9.62. The van der Waals surface area contributed by atoms with Gasteiger partial charge in [0.05, 0.1) is 10.7 Å². The lowest BCUT2D eigenvalue weighted by Gasteiger charge is -2.20. The molecule has 7 heteroatoms. The Hall–Kier alpha value is -1.37. The first kappa shape index (κ1) is 19.9. The fourth-order valence-electron chi connectivity index (χ4n) is 3.77. The number of thiazole rings is 1. The van der Waals surface area contributed by atoms with Crippen LogP contribution >= 0.6 is 34.7 Å². The molecule has 0 bridgehead atoms. The molecular weight excluding hydrogens is 408 g/mol. The number of halogens is 1. The van der Waals surface area contributed by atoms with Gasteiger partial charge in [-0.15, -0.1) is 21.5 Å². The van der Waals surface area contributed by atoms with Gasteiger partial charge < -0.3 is 4.57 Å². The summed E-state index contributed by atoms with van der Waals surface area (Å²) in [6, 6.07) is 7.85. The molecule has 1 aromatic carbocycles. The van der Waals surface area contributed by atoms with Gasteiger partial charge in [-0.3, -0.25) is 0 Å². The van der Waals surface area contributed by atoms with Gasteiger partial charge in [0.25, 0.3) is 0 Å². The fourth-order valence-corrected chi connectivity index (χ4v) is 5.84. The van der Waals surface area contributed by atoms with Crippen molar-refractivity contribution in [2.45, 2.75) is 55.9 Å². The zero-order chi connectivity index (χ0) is 19.3. The average molecular weight is 433 g/mol. The lowest BCUT2D eigenvalue weighted by molar-refractivity contribution is 0.336. The number of thioether (sulfide) groups is 1. The highest BCUT2D eigenvalue weighted by atomic mass is 35.5. The third kappa shape index (κ3) is 4.78. The molecule has 0 amide bonds. The van der Waals surface area contributed by atoms with Crippen LogP contribution in [0.25, 0.3) is 10.6 Å². The Morgan fingerprint density at radius 2 is 2.00 bits per heavy atom. The first-order chi connectivity index (χ1) is 13.7. The second kappa shape index (κ2) is 9.42. The van der Waals surface area contributed by atoms with E-state index >= 15 is 0 Å². The minimum absolute atomic E-state index is 0.743. The minimum Gasteiger partial charge on any atom is -0.309 e. The van der Waals surface area contributed by atoms with Crippen molar-refractivity contribution in [2.75, 3.05) is 0 Å². The molecule has 4 nitrogen and oxygen atoms in total. The summed E-state index contributed by atoms with van der Waals surface area (Å²) in [5.41, 5.74) is 2.05. The van der Waals surface area contributed by atoms with Crippen LogP contribution in [0.1, 0.15) is 50.0 Å². The van der Waals surface area contributed by atoms with Crippen LogP contribution in [0.5, 0.6) is 0 Å². The highest BCUT2D eigenvalue weighted by Gasteiger charge is 2.16. The molecule has 0 aliphatic heterocycles. The highest BCUT2D eigenvalue weighted by molar-refractivity contribution is 7.98. The molecule has 2 heterocycles. The SMILES string of the molecule is Cn1c(CCC2CCCCC2)nnc1SCc1csc(-c2ccccc2Cl)n1. The number of hydrogen-bond donors (Lipinski definition) is 0. The van der Waals surface area contributed by atoms with E-state index in [4.69, 9.17) is 16.6 Å². The van der Waals surface area contributed by atoms with E-state index < -0.39 is 0 Å². The average Bonchev–Trinajstić information content (AvgIpc) is 3.33. The molecule has 1 saturated carbocycles. The Morgan fingerprint density at radius 1 is 1.18 bits per heavy atom. The second-order valence-corrected chi connectivity index (χ2v) is 9.62. The first-order valence-electron chi connectivity index (χ1n) is 9.91. The molecule has 2 aromatic heterocycles. The quantitative estimate of drug-likeness (QED) is 0.405. The Balaban J connectivity index is 1.34.